The minimum Gasteiger partial charge on any atom is -0.389 e. The number of thiocarbonyl (C=S) groups is 1. The van der Waals surface area contributed by atoms with Crippen molar-refractivity contribution in [1.29, 1.82) is 0 Å². The van der Waals surface area contributed by atoms with Gasteiger partial charge >= 0.3 is 0 Å². The summed E-state index contributed by atoms with van der Waals surface area (Å²) in [6.07, 6.45) is 0. The van der Waals surface area contributed by atoms with E-state index in [0.717, 1.165) is 46.5 Å². The molecule has 1 aromatic carbocycles. The third-order valence-corrected chi connectivity index (χ3v) is 5.49. The molecule has 1 heterocycles. The van der Waals surface area contributed by atoms with E-state index in [4.69, 9.17) is 18.0 Å². The monoisotopic (exact) mass is 314 g/mol. The lowest BCUT2D eigenvalue weighted by atomic mass is 10.1. The second-order valence-corrected chi connectivity index (χ2v) is 7.72. The molecular formula is C13H18N2OS3. The molecule has 104 valence electrons. The lowest BCUT2D eigenvalue weighted by Crippen LogP contribution is -2.38. The number of benzene rings is 1. The van der Waals surface area contributed by atoms with E-state index in [1.54, 1.807) is 11.8 Å². The Bertz CT molecular complexity index is 495. The van der Waals surface area contributed by atoms with Gasteiger partial charge in [-0.2, -0.15) is 0 Å². The SMILES string of the molecule is CCSc1cccc(N2CCS(=O)CC2)c1C(N)=S. The second-order valence-electron chi connectivity index (χ2n) is 4.28. The number of hydrogen-bond acceptors (Lipinski definition) is 4. The molecular weight excluding hydrogens is 296 g/mol. The van der Waals surface area contributed by atoms with Gasteiger partial charge in [-0.15, -0.1) is 11.8 Å². The molecule has 1 aliphatic rings. The Morgan fingerprint density at radius 2 is 2.16 bits per heavy atom. The van der Waals surface area contributed by atoms with Crippen molar-refractivity contribution in [2.24, 2.45) is 5.73 Å². The van der Waals surface area contributed by atoms with Gasteiger partial charge in [0.2, 0.25) is 0 Å². The molecule has 1 aliphatic heterocycles. The van der Waals surface area contributed by atoms with Crippen molar-refractivity contribution in [3.63, 3.8) is 0 Å². The Kier molecular flexibility index (Phi) is 5.24. The van der Waals surface area contributed by atoms with Crippen LogP contribution in [0.2, 0.25) is 0 Å². The minimum atomic E-state index is -0.672. The van der Waals surface area contributed by atoms with E-state index in [1.165, 1.54) is 0 Å². The first-order valence-electron chi connectivity index (χ1n) is 6.29. The van der Waals surface area contributed by atoms with Gasteiger partial charge in [0, 0.05) is 51.5 Å². The number of anilines is 1. The molecule has 2 rings (SSSR count). The molecule has 0 bridgehead atoms. The van der Waals surface area contributed by atoms with Crippen LogP contribution in [0.25, 0.3) is 0 Å². The number of nitrogens with two attached hydrogens (primary N) is 1. The summed E-state index contributed by atoms with van der Waals surface area (Å²) in [7, 11) is -0.672. The van der Waals surface area contributed by atoms with Crippen LogP contribution in [0.5, 0.6) is 0 Å². The van der Waals surface area contributed by atoms with Gasteiger partial charge in [-0.1, -0.05) is 25.2 Å². The van der Waals surface area contributed by atoms with E-state index in [0.29, 0.717) is 4.99 Å². The van der Waals surface area contributed by atoms with Gasteiger partial charge in [0.25, 0.3) is 0 Å². The summed E-state index contributed by atoms with van der Waals surface area (Å²) in [5, 5.41) is 0. The average molecular weight is 315 g/mol. The predicted octanol–water partition coefficient (Wildman–Crippen LogP) is 2.00. The molecule has 19 heavy (non-hydrogen) atoms. The maximum atomic E-state index is 11.5. The highest BCUT2D eigenvalue weighted by Gasteiger charge is 2.20. The van der Waals surface area contributed by atoms with Crippen molar-refractivity contribution in [3.05, 3.63) is 23.8 Å². The zero-order chi connectivity index (χ0) is 13.8. The Hall–Kier alpha value is -0.590. The standard InChI is InChI=1S/C13H18N2OS3/c1-2-18-11-5-3-4-10(12(11)13(14)17)15-6-8-19(16)9-7-15/h3-5H,2,6-9H2,1H3,(H2,14,17). The van der Waals surface area contributed by atoms with Crippen LogP contribution in [-0.4, -0.2) is 39.5 Å². The van der Waals surface area contributed by atoms with E-state index < -0.39 is 10.8 Å². The summed E-state index contributed by atoms with van der Waals surface area (Å²) in [5.74, 6) is 2.44. The quantitative estimate of drug-likeness (QED) is 0.680. The van der Waals surface area contributed by atoms with Crippen LogP contribution in [0.3, 0.4) is 0 Å². The third kappa shape index (κ3) is 3.49. The maximum absolute atomic E-state index is 11.5. The zero-order valence-electron chi connectivity index (χ0n) is 10.9. The second kappa shape index (κ2) is 6.72. The highest BCUT2D eigenvalue weighted by molar-refractivity contribution is 7.99. The van der Waals surface area contributed by atoms with E-state index in [-0.39, 0.29) is 0 Å². The summed E-state index contributed by atoms with van der Waals surface area (Å²) < 4.78 is 11.5. The van der Waals surface area contributed by atoms with Gasteiger partial charge in [0.1, 0.15) is 4.99 Å². The van der Waals surface area contributed by atoms with Gasteiger partial charge < -0.3 is 10.6 Å². The molecule has 3 nitrogen and oxygen atoms in total. The van der Waals surface area contributed by atoms with Crippen molar-refractivity contribution < 1.29 is 4.21 Å². The molecule has 0 spiro atoms. The number of thioether (sulfide) groups is 1. The van der Waals surface area contributed by atoms with Crippen LogP contribution in [0.15, 0.2) is 23.1 Å². The highest BCUT2D eigenvalue weighted by Crippen LogP contribution is 2.31. The molecule has 0 amide bonds. The van der Waals surface area contributed by atoms with Gasteiger partial charge in [-0.25, -0.2) is 0 Å². The molecule has 0 atom stereocenters. The zero-order valence-corrected chi connectivity index (χ0v) is 13.4. The number of nitrogens with zero attached hydrogens (tertiary/aromatic N) is 1. The summed E-state index contributed by atoms with van der Waals surface area (Å²) in [6, 6.07) is 6.16. The fourth-order valence-corrected chi connectivity index (χ4v) is 4.36. The van der Waals surface area contributed by atoms with Gasteiger partial charge in [0.05, 0.1) is 0 Å². The first-order chi connectivity index (χ1) is 9.13. The molecule has 1 saturated heterocycles. The molecule has 0 saturated carbocycles. The van der Waals surface area contributed by atoms with Crippen LogP contribution in [0, 0.1) is 0 Å². The van der Waals surface area contributed by atoms with Gasteiger partial charge in [-0.05, 0) is 17.9 Å². The van der Waals surface area contributed by atoms with Gasteiger partial charge in [-0.3, -0.25) is 4.21 Å². The van der Waals surface area contributed by atoms with Crippen LogP contribution in [0.4, 0.5) is 5.69 Å². The highest BCUT2D eigenvalue weighted by atomic mass is 32.2. The lowest BCUT2D eigenvalue weighted by Gasteiger charge is -2.30. The molecule has 0 unspecified atom stereocenters. The molecule has 0 aromatic heterocycles. The topological polar surface area (TPSA) is 46.3 Å². The normalized spacial score (nSPS) is 16.6. The first kappa shape index (κ1) is 14.8. The number of rotatable bonds is 4. The summed E-state index contributed by atoms with van der Waals surface area (Å²) in [4.78, 5) is 3.83. The van der Waals surface area contributed by atoms with Crippen molar-refractivity contribution in [2.75, 3.05) is 35.2 Å². The Morgan fingerprint density at radius 3 is 2.74 bits per heavy atom. The Morgan fingerprint density at radius 1 is 1.47 bits per heavy atom. The number of hydrogen-bond donors (Lipinski definition) is 1. The van der Waals surface area contributed by atoms with Crippen LogP contribution < -0.4 is 10.6 Å². The first-order valence-corrected chi connectivity index (χ1v) is 9.17. The van der Waals surface area contributed by atoms with Crippen molar-refractivity contribution >= 4 is 45.5 Å². The molecule has 1 fully saturated rings. The van der Waals surface area contributed by atoms with Crippen LogP contribution in [-0.2, 0) is 10.8 Å². The lowest BCUT2D eigenvalue weighted by molar-refractivity contribution is 0.673. The van der Waals surface area contributed by atoms with E-state index in [1.807, 2.05) is 6.07 Å². The van der Waals surface area contributed by atoms with Crippen LogP contribution in [0.1, 0.15) is 12.5 Å². The summed E-state index contributed by atoms with van der Waals surface area (Å²) >= 11 is 6.98. The van der Waals surface area contributed by atoms with Crippen molar-refractivity contribution in [1.82, 2.24) is 0 Å². The molecule has 6 heteroatoms. The van der Waals surface area contributed by atoms with E-state index >= 15 is 0 Å². The maximum Gasteiger partial charge on any atom is 0.107 e. The average Bonchev–Trinajstić information content (AvgIpc) is 2.39. The third-order valence-electron chi connectivity index (χ3n) is 3.07. The smallest absolute Gasteiger partial charge is 0.107 e. The summed E-state index contributed by atoms with van der Waals surface area (Å²) in [6.45, 7) is 3.73. The minimum absolute atomic E-state index is 0.443. The summed E-state index contributed by atoms with van der Waals surface area (Å²) in [5.41, 5.74) is 7.97. The van der Waals surface area contributed by atoms with Crippen molar-refractivity contribution in [3.8, 4) is 0 Å². The molecule has 0 aliphatic carbocycles. The largest absolute Gasteiger partial charge is 0.389 e. The van der Waals surface area contributed by atoms with E-state index in [2.05, 4.69) is 24.0 Å². The van der Waals surface area contributed by atoms with Crippen molar-refractivity contribution in [2.45, 2.75) is 11.8 Å². The molecule has 1 aromatic rings. The van der Waals surface area contributed by atoms with E-state index in [9.17, 15) is 4.21 Å². The Labute approximate surface area is 126 Å². The molecule has 0 radical (unpaired) electrons. The fraction of sp³-hybridized carbons (Fsp3) is 0.462. The Balaban J connectivity index is 2.36. The fourth-order valence-electron chi connectivity index (χ4n) is 2.19. The predicted molar refractivity (Wildman–Crippen MR) is 88.8 cm³/mol. The molecule has 2 N–H and O–H groups in total. The van der Waals surface area contributed by atoms with Crippen LogP contribution >= 0.6 is 24.0 Å². The van der Waals surface area contributed by atoms with Gasteiger partial charge in [0.15, 0.2) is 0 Å².